The third-order valence-corrected chi connectivity index (χ3v) is 5.28. The maximum absolute atomic E-state index is 10.9. The van der Waals surface area contributed by atoms with Gasteiger partial charge in [0.2, 0.25) is 5.69 Å². The van der Waals surface area contributed by atoms with Gasteiger partial charge in [0.15, 0.2) is 6.54 Å². The molecule has 0 aliphatic rings. The number of aryl methyl sites for hydroxylation is 2. The first-order valence-electron chi connectivity index (χ1n) is 9.31. The van der Waals surface area contributed by atoms with Crippen molar-refractivity contribution in [1.29, 1.82) is 0 Å². The predicted octanol–water partition coefficient (Wildman–Crippen LogP) is 3.58. The minimum Gasteiger partial charge on any atom is -0.385 e. The van der Waals surface area contributed by atoms with E-state index in [0.29, 0.717) is 13.1 Å². The predicted molar refractivity (Wildman–Crippen MR) is 105 cm³/mol. The molecule has 26 heavy (non-hydrogen) atoms. The molecule has 2 aromatic heterocycles. The average Bonchev–Trinajstić information content (AvgIpc) is 3.10. The van der Waals surface area contributed by atoms with Crippen LogP contribution in [0.25, 0.3) is 21.8 Å². The van der Waals surface area contributed by atoms with E-state index in [1.165, 1.54) is 33.2 Å². The van der Waals surface area contributed by atoms with Gasteiger partial charge in [-0.25, -0.2) is 0 Å². The first kappa shape index (κ1) is 16.9. The maximum Gasteiger partial charge on any atom is 0.205 e. The molecule has 0 fully saturated rings. The van der Waals surface area contributed by atoms with Gasteiger partial charge >= 0.3 is 0 Å². The fraction of sp³-hybridized carbons (Fsp3) is 0.318. The normalized spacial score (nSPS) is 12.9. The monoisotopic (exact) mass is 348 g/mol. The highest BCUT2D eigenvalue weighted by molar-refractivity contribution is 6.07. The molecular weight excluding hydrogens is 322 g/mol. The molecule has 1 N–H and O–H groups in total. The second-order valence-electron chi connectivity index (χ2n) is 7.02. The first-order chi connectivity index (χ1) is 12.6. The van der Waals surface area contributed by atoms with E-state index in [1.807, 2.05) is 0 Å². The molecule has 0 unspecified atom stereocenters. The summed E-state index contributed by atoms with van der Waals surface area (Å²) in [5.41, 5.74) is 4.77. The van der Waals surface area contributed by atoms with Crippen LogP contribution in [0.15, 0.2) is 54.6 Å². The third kappa shape index (κ3) is 2.71. The smallest absolute Gasteiger partial charge is 0.205 e. The zero-order valence-electron chi connectivity index (χ0n) is 15.7. The van der Waals surface area contributed by atoms with E-state index in [9.17, 15) is 5.11 Å². The van der Waals surface area contributed by atoms with Gasteiger partial charge < -0.3 is 9.67 Å². The summed E-state index contributed by atoms with van der Waals surface area (Å²) < 4.78 is 6.66. The van der Waals surface area contributed by atoms with Crippen molar-refractivity contribution in [1.82, 2.24) is 9.25 Å². The Morgan fingerprint density at radius 3 is 2.12 bits per heavy atom. The summed E-state index contributed by atoms with van der Waals surface area (Å²) in [5.74, 6) is 0. The van der Waals surface area contributed by atoms with Gasteiger partial charge in [-0.3, -0.25) is 0 Å². The van der Waals surface area contributed by atoms with E-state index in [-0.39, 0.29) is 0 Å². The zero-order valence-corrected chi connectivity index (χ0v) is 15.7. The molecule has 2 heterocycles. The molecule has 134 valence electrons. The number of aliphatic hydroxyl groups excluding tert-OH is 1. The molecule has 0 bridgehead atoms. The Hall–Kier alpha value is -2.59. The van der Waals surface area contributed by atoms with Crippen LogP contribution in [0, 0.1) is 13.8 Å². The fourth-order valence-corrected chi connectivity index (χ4v) is 4.16. The van der Waals surface area contributed by atoms with Gasteiger partial charge in [-0.2, -0.15) is 4.68 Å². The summed E-state index contributed by atoms with van der Waals surface area (Å²) in [6, 6.07) is 19.0. The van der Waals surface area contributed by atoms with Crippen molar-refractivity contribution < 1.29 is 9.79 Å². The highest BCUT2D eigenvalue weighted by Gasteiger charge is 2.22. The van der Waals surface area contributed by atoms with Crippen molar-refractivity contribution in [2.24, 2.45) is 0 Å². The van der Waals surface area contributed by atoms with Crippen LogP contribution in [-0.4, -0.2) is 20.5 Å². The van der Waals surface area contributed by atoms with Crippen LogP contribution in [0.4, 0.5) is 0 Å². The number of nitrogens with zero attached hydrogens (tertiary/aromatic N) is 3. The molecule has 0 aliphatic heterocycles. The summed E-state index contributed by atoms with van der Waals surface area (Å²) >= 11 is 0. The maximum atomic E-state index is 10.9. The number of benzene rings is 2. The SMILES string of the molecule is CCn1c(C)cc(C)[n+]1C[C@H](O)Cn1c2ccccc2c2ccccc21. The quantitative estimate of drug-likeness (QED) is 0.550. The van der Waals surface area contributed by atoms with Crippen LogP contribution in [0.5, 0.6) is 0 Å². The van der Waals surface area contributed by atoms with Gasteiger partial charge in [0, 0.05) is 34.8 Å². The Morgan fingerprint density at radius 2 is 1.54 bits per heavy atom. The van der Waals surface area contributed by atoms with E-state index < -0.39 is 6.10 Å². The minimum absolute atomic E-state index is 0.461. The summed E-state index contributed by atoms with van der Waals surface area (Å²) in [6.45, 7) is 8.44. The van der Waals surface area contributed by atoms with E-state index >= 15 is 0 Å². The van der Waals surface area contributed by atoms with Crippen LogP contribution in [-0.2, 0) is 19.6 Å². The van der Waals surface area contributed by atoms with Crippen molar-refractivity contribution in [3.05, 3.63) is 66.0 Å². The number of fused-ring (bicyclic) bond motifs is 3. The molecule has 0 saturated carbocycles. The van der Waals surface area contributed by atoms with Crippen LogP contribution < -0.4 is 4.68 Å². The van der Waals surface area contributed by atoms with Crippen LogP contribution in [0.1, 0.15) is 18.3 Å². The lowest BCUT2D eigenvalue weighted by atomic mass is 10.2. The highest BCUT2D eigenvalue weighted by atomic mass is 16.3. The Bertz CT molecular complexity index is 1020. The van der Waals surface area contributed by atoms with Gasteiger partial charge in [-0.15, -0.1) is 4.68 Å². The lowest BCUT2D eigenvalue weighted by Gasteiger charge is -2.13. The number of para-hydroxylation sites is 2. The molecule has 1 atom stereocenters. The van der Waals surface area contributed by atoms with Crippen LogP contribution in [0.2, 0.25) is 0 Å². The molecule has 2 aromatic carbocycles. The lowest BCUT2D eigenvalue weighted by Crippen LogP contribution is -2.50. The molecule has 0 aliphatic carbocycles. The van der Waals surface area contributed by atoms with E-state index in [4.69, 9.17) is 0 Å². The van der Waals surface area contributed by atoms with E-state index in [0.717, 1.165) is 6.54 Å². The van der Waals surface area contributed by atoms with Crippen LogP contribution in [0.3, 0.4) is 0 Å². The largest absolute Gasteiger partial charge is 0.385 e. The Labute approximate surface area is 153 Å². The van der Waals surface area contributed by atoms with Crippen molar-refractivity contribution in [3.8, 4) is 0 Å². The second-order valence-corrected chi connectivity index (χ2v) is 7.02. The van der Waals surface area contributed by atoms with E-state index in [2.05, 4.69) is 89.3 Å². The van der Waals surface area contributed by atoms with Crippen LogP contribution >= 0.6 is 0 Å². The third-order valence-electron chi connectivity index (χ3n) is 5.28. The molecular formula is C22H26N3O+. The number of aliphatic hydroxyl groups is 1. The number of hydrogen-bond donors (Lipinski definition) is 1. The number of hydrogen-bond acceptors (Lipinski definition) is 1. The lowest BCUT2D eigenvalue weighted by molar-refractivity contribution is -0.785. The standard InChI is InChI=1S/C22H26N3O/c1-4-24-16(2)13-17(3)25(24)15-18(26)14-23-21-11-7-5-9-19(21)20-10-6-8-12-22(20)23/h5-13,18,26H,4,14-15H2,1-3H3/q+1/t18-/m1/s1. The van der Waals surface area contributed by atoms with Gasteiger partial charge in [-0.1, -0.05) is 36.4 Å². The van der Waals surface area contributed by atoms with Gasteiger partial charge in [0.05, 0.1) is 18.8 Å². The molecule has 0 saturated heterocycles. The molecule has 0 spiro atoms. The first-order valence-corrected chi connectivity index (χ1v) is 9.31. The summed E-state index contributed by atoms with van der Waals surface area (Å²) in [7, 11) is 0. The van der Waals surface area contributed by atoms with Crippen molar-refractivity contribution in [2.75, 3.05) is 0 Å². The molecule has 4 heteroatoms. The summed E-state index contributed by atoms with van der Waals surface area (Å²) in [6.07, 6.45) is -0.461. The molecule has 0 amide bonds. The molecule has 4 nitrogen and oxygen atoms in total. The Morgan fingerprint density at radius 1 is 0.962 bits per heavy atom. The minimum atomic E-state index is -0.461. The topological polar surface area (TPSA) is 34.0 Å². The number of rotatable bonds is 5. The van der Waals surface area contributed by atoms with Crippen molar-refractivity contribution >= 4 is 21.8 Å². The Kier molecular flexibility index (Phi) is 4.29. The molecule has 4 aromatic rings. The van der Waals surface area contributed by atoms with Crippen molar-refractivity contribution in [3.63, 3.8) is 0 Å². The Balaban J connectivity index is 1.71. The van der Waals surface area contributed by atoms with Gasteiger partial charge in [-0.05, 0) is 26.0 Å². The second kappa shape index (κ2) is 6.61. The highest BCUT2D eigenvalue weighted by Crippen LogP contribution is 2.28. The van der Waals surface area contributed by atoms with Gasteiger partial charge in [0.25, 0.3) is 0 Å². The van der Waals surface area contributed by atoms with Gasteiger partial charge in [0.1, 0.15) is 6.10 Å². The summed E-state index contributed by atoms with van der Waals surface area (Å²) in [4.78, 5) is 0. The summed E-state index contributed by atoms with van der Waals surface area (Å²) in [5, 5.41) is 13.4. The number of aromatic nitrogens is 3. The fourth-order valence-electron chi connectivity index (χ4n) is 4.16. The van der Waals surface area contributed by atoms with E-state index in [1.54, 1.807) is 0 Å². The average molecular weight is 348 g/mol. The molecule has 4 rings (SSSR count). The zero-order chi connectivity index (χ0) is 18.3. The van der Waals surface area contributed by atoms with Crippen molar-refractivity contribution in [2.45, 2.75) is 46.5 Å². The molecule has 0 radical (unpaired) electrons.